The van der Waals surface area contributed by atoms with Gasteiger partial charge in [0.25, 0.3) is 5.88 Å². The molecule has 0 aromatic carbocycles. The zero-order valence-electron chi connectivity index (χ0n) is 10.7. The van der Waals surface area contributed by atoms with E-state index in [1.54, 1.807) is 7.05 Å². The third-order valence-electron chi connectivity index (χ3n) is 3.09. The third-order valence-corrected chi connectivity index (χ3v) is 3.09. The van der Waals surface area contributed by atoms with Gasteiger partial charge < -0.3 is 10.1 Å². The van der Waals surface area contributed by atoms with E-state index in [0.717, 1.165) is 25.9 Å². The molecule has 0 saturated carbocycles. The summed E-state index contributed by atoms with van der Waals surface area (Å²) in [6, 6.07) is 0. The zero-order valence-corrected chi connectivity index (χ0v) is 10.7. The number of rotatable bonds is 4. The van der Waals surface area contributed by atoms with Gasteiger partial charge in [0.1, 0.15) is 11.8 Å². The monoisotopic (exact) mass is 254 g/mol. The number of aromatic nitrogens is 2. The number of piperidine rings is 1. The number of nitrogens with one attached hydrogen (secondary N) is 1. The smallest absolute Gasteiger partial charge is 0.353 e. The molecule has 1 atom stereocenters. The molecule has 1 fully saturated rings. The van der Waals surface area contributed by atoms with Crippen LogP contribution in [0.5, 0.6) is 5.88 Å². The van der Waals surface area contributed by atoms with Gasteiger partial charge in [-0.05, 0) is 25.8 Å². The van der Waals surface area contributed by atoms with E-state index in [-0.39, 0.29) is 17.7 Å². The molecule has 7 nitrogen and oxygen atoms in total. The zero-order chi connectivity index (χ0) is 13.1. The third kappa shape index (κ3) is 2.45. The SMILES string of the molecule is CCc1nn(C)c(O[C@H]2CCCNC2)c1[N+](=O)[O-]. The van der Waals surface area contributed by atoms with Crippen LogP contribution >= 0.6 is 0 Å². The molecule has 18 heavy (non-hydrogen) atoms. The van der Waals surface area contributed by atoms with Crippen molar-refractivity contribution < 1.29 is 9.66 Å². The fourth-order valence-corrected chi connectivity index (χ4v) is 2.18. The van der Waals surface area contributed by atoms with E-state index in [9.17, 15) is 10.1 Å². The van der Waals surface area contributed by atoms with E-state index in [1.165, 1.54) is 4.68 Å². The van der Waals surface area contributed by atoms with Crippen LogP contribution in [0.25, 0.3) is 0 Å². The van der Waals surface area contributed by atoms with Crippen LogP contribution < -0.4 is 10.1 Å². The normalized spacial score (nSPS) is 19.8. The van der Waals surface area contributed by atoms with Crippen molar-refractivity contribution >= 4 is 5.69 Å². The van der Waals surface area contributed by atoms with Crippen LogP contribution in [0.3, 0.4) is 0 Å². The first-order valence-corrected chi connectivity index (χ1v) is 6.21. The van der Waals surface area contributed by atoms with Crippen molar-refractivity contribution in [1.82, 2.24) is 15.1 Å². The molecular formula is C11H18N4O3. The van der Waals surface area contributed by atoms with Gasteiger partial charge in [0, 0.05) is 13.6 Å². The number of ether oxygens (including phenoxy) is 1. The summed E-state index contributed by atoms with van der Waals surface area (Å²) in [5.41, 5.74) is 0.479. The molecule has 0 spiro atoms. The first kappa shape index (κ1) is 12.8. The summed E-state index contributed by atoms with van der Waals surface area (Å²) in [6.07, 6.45) is 2.45. The van der Waals surface area contributed by atoms with Crippen LogP contribution in [-0.2, 0) is 13.5 Å². The Bertz CT molecular complexity index is 438. The maximum Gasteiger partial charge on any atom is 0.353 e. The first-order valence-electron chi connectivity index (χ1n) is 6.21. The molecule has 7 heteroatoms. The Kier molecular flexibility index (Phi) is 3.81. The fraction of sp³-hybridized carbons (Fsp3) is 0.727. The fourth-order valence-electron chi connectivity index (χ4n) is 2.18. The molecule has 2 heterocycles. The van der Waals surface area contributed by atoms with Crippen molar-refractivity contribution in [3.05, 3.63) is 15.8 Å². The van der Waals surface area contributed by atoms with Gasteiger partial charge in [0.05, 0.1) is 4.92 Å². The Morgan fingerprint density at radius 1 is 1.67 bits per heavy atom. The Balaban J connectivity index is 2.25. The van der Waals surface area contributed by atoms with Crippen LogP contribution in [-0.4, -0.2) is 33.9 Å². The Hall–Kier alpha value is -1.63. The molecule has 1 N–H and O–H groups in total. The van der Waals surface area contributed by atoms with Gasteiger partial charge in [-0.2, -0.15) is 5.10 Å². The highest BCUT2D eigenvalue weighted by Gasteiger charge is 2.29. The van der Waals surface area contributed by atoms with Gasteiger partial charge in [0.2, 0.25) is 0 Å². The number of hydrogen-bond acceptors (Lipinski definition) is 5. The van der Waals surface area contributed by atoms with Crippen LogP contribution in [0, 0.1) is 10.1 Å². The summed E-state index contributed by atoms with van der Waals surface area (Å²) < 4.78 is 7.22. The Morgan fingerprint density at radius 3 is 3.00 bits per heavy atom. The van der Waals surface area contributed by atoms with E-state index in [1.807, 2.05) is 6.92 Å². The molecule has 0 bridgehead atoms. The topological polar surface area (TPSA) is 82.2 Å². The maximum atomic E-state index is 11.1. The summed E-state index contributed by atoms with van der Waals surface area (Å²) in [5.74, 6) is 0.269. The Morgan fingerprint density at radius 2 is 2.44 bits per heavy atom. The van der Waals surface area contributed by atoms with E-state index in [4.69, 9.17) is 4.74 Å². The molecule has 1 aliphatic heterocycles. The summed E-state index contributed by atoms with van der Waals surface area (Å²) in [6.45, 7) is 3.55. The lowest BCUT2D eigenvalue weighted by atomic mass is 10.1. The van der Waals surface area contributed by atoms with E-state index >= 15 is 0 Å². The molecule has 0 radical (unpaired) electrons. The molecule has 2 rings (SSSR count). The van der Waals surface area contributed by atoms with Crippen molar-refractivity contribution in [3.8, 4) is 5.88 Å². The highest BCUT2D eigenvalue weighted by atomic mass is 16.6. The highest BCUT2D eigenvalue weighted by Crippen LogP contribution is 2.31. The van der Waals surface area contributed by atoms with Crippen LogP contribution in [0.4, 0.5) is 5.69 Å². The lowest BCUT2D eigenvalue weighted by Gasteiger charge is -2.23. The minimum absolute atomic E-state index is 0.00516. The second-order valence-corrected chi connectivity index (χ2v) is 4.42. The number of nitrogens with zero attached hydrogens (tertiary/aromatic N) is 3. The molecule has 1 aromatic heterocycles. The maximum absolute atomic E-state index is 11.1. The van der Waals surface area contributed by atoms with E-state index in [2.05, 4.69) is 10.4 Å². The van der Waals surface area contributed by atoms with Gasteiger partial charge in [-0.15, -0.1) is 0 Å². The molecule has 0 amide bonds. The van der Waals surface area contributed by atoms with Crippen LogP contribution in [0.15, 0.2) is 0 Å². The molecule has 100 valence electrons. The predicted octanol–water partition coefficient (Wildman–Crippen LogP) is 1.02. The summed E-state index contributed by atoms with van der Waals surface area (Å²) >= 11 is 0. The van der Waals surface area contributed by atoms with Crippen molar-refractivity contribution in [2.24, 2.45) is 7.05 Å². The van der Waals surface area contributed by atoms with Gasteiger partial charge >= 0.3 is 5.69 Å². The van der Waals surface area contributed by atoms with Gasteiger partial charge in [-0.25, -0.2) is 4.68 Å². The Labute approximate surface area is 105 Å². The average molecular weight is 254 g/mol. The van der Waals surface area contributed by atoms with E-state index in [0.29, 0.717) is 12.1 Å². The molecule has 0 unspecified atom stereocenters. The van der Waals surface area contributed by atoms with Crippen LogP contribution in [0.1, 0.15) is 25.5 Å². The lowest BCUT2D eigenvalue weighted by Crippen LogP contribution is -2.37. The van der Waals surface area contributed by atoms with Gasteiger partial charge in [-0.3, -0.25) is 10.1 Å². The average Bonchev–Trinajstić information content (AvgIpc) is 2.67. The van der Waals surface area contributed by atoms with Gasteiger partial charge in [0.15, 0.2) is 0 Å². The van der Waals surface area contributed by atoms with Crippen molar-refractivity contribution in [2.45, 2.75) is 32.3 Å². The summed E-state index contributed by atoms with van der Waals surface area (Å²) in [7, 11) is 1.68. The quantitative estimate of drug-likeness (QED) is 0.640. The number of nitro groups is 1. The van der Waals surface area contributed by atoms with E-state index < -0.39 is 4.92 Å². The lowest BCUT2D eigenvalue weighted by molar-refractivity contribution is -0.386. The second kappa shape index (κ2) is 5.34. The second-order valence-electron chi connectivity index (χ2n) is 4.42. The molecule has 0 aliphatic carbocycles. The predicted molar refractivity (Wildman–Crippen MR) is 65.8 cm³/mol. The highest BCUT2D eigenvalue weighted by molar-refractivity contribution is 5.46. The minimum Gasteiger partial charge on any atom is -0.468 e. The molecule has 1 saturated heterocycles. The van der Waals surface area contributed by atoms with Crippen molar-refractivity contribution in [2.75, 3.05) is 13.1 Å². The summed E-state index contributed by atoms with van der Waals surface area (Å²) in [5, 5.41) is 18.5. The molecule has 1 aliphatic rings. The first-order chi connectivity index (χ1) is 8.63. The minimum atomic E-state index is -0.405. The van der Waals surface area contributed by atoms with Crippen molar-refractivity contribution in [1.29, 1.82) is 0 Å². The standard InChI is InChI=1S/C11H18N4O3/c1-3-9-10(15(16)17)11(14(2)13-9)18-8-5-4-6-12-7-8/h8,12H,3-7H2,1-2H3/t8-/m0/s1. The van der Waals surface area contributed by atoms with Crippen molar-refractivity contribution in [3.63, 3.8) is 0 Å². The van der Waals surface area contributed by atoms with Crippen LogP contribution in [0.2, 0.25) is 0 Å². The number of hydrogen-bond donors (Lipinski definition) is 1. The molecular weight excluding hydrogens is 236 g/mol. The number of aryl methyl sites for hydroxylation is 2. The molecule has 1 aromatic rings. The largest absolute Gasteiger partial charge is 0.468 e. The van der Waals surface area contributed by atoms with Gasteiger partial charge in [-0.1, -0.05) is 6.92 Å². The summed E-state index contributed by atoms with van der Waals surface area (Å²) in [4.78, 5) is 10.7.